The Morgan fingerprint density at radius 2 is 2.18 bits per heavy atom. The zero-order chi connectivity index (χ0) is 16.5. The molecule has 0 aromatic heterocycles. The lowest BCUT2D eigenvalue weighted by atomic mass is 9.92. The highest BCUT2D eigenvalue weighted by molar-refractivity contribution is 9.10. The average Bonchev–Trinajstić information content (AvgIpc) is 2.46. The van der Waals surface area contributed by atoms with E-state index in [1.54, 1.807) is 19.1 Å². The minimum atomic E-state index is -3.93. The molecule has 6 nitrogen and oxygen atoms in total. The fourth-order valence-electron chi connectivity index (χ4n) is 2.74. The van der Waals surface area contributed by atoms with Crippen molar-refractivity contribution in [3.8, 4) is 6.07 Å². The third-order valence-electron chi connectivity index (χ3n) is 3.92. The Morgan fingerprint density at radius 1 is 1.50 bits per heavy atom. The van der Waals surface area contributed by atoms with E-state index in [-0.39, 0.29) is 17.0 Å². The fraction of sp³-hybridized carbons (Fsp3) is 0.429. The van der Waals surface area contributed by atoms with Crippen molar-refractivity contribution in [1.29, 1.82) is 5.26 Å². The molecule has 1 aromatic rings. The third kappa shape index (κ3) is 2.89. The smallest absolute Gasteiger partial charge is 0.308 e. The van der Waals surface area contributed by atoms with E-state index in [2.05, 4.69) is 15.9 Å². The van der Waals surface area contributed by atoms with E-state index in [0.29, 0.717) is 17.3 Å². The summed E-state index contributed by atoms with van der Waals surface area (Å²) in [7, 11) is -3.93. The molecule has 1 fully saturated rings. The quantitative estimate of drug-likeness (QED) is 0.857. The van der Waals surface area contributed by atoms with Crippen molar-refractivity contribution in [2.45, 2.75) is 30.7 Å². The molecule has 8 heteroatoms. The maximum absolute atomic E-state index is 12.9. The largest absolute Gasteiger partial charge is 0.481 e. The summed E-state index contributed by atoms with van der Waals surface area (Å²) in [4.78, 5) is 11.2. The topological polar surface area (TPSA) is 98.5 Å². The van der Waals surface area contributed by atoms with E-state index in [4.69, 9.17) is 0 Å². The van der Waals surface area contributed by atoms with Gasteiger partial charge in [0, 0.05) is 17.1 Å². The summed E-state index contributed by atoms with van der Waals surface area (Å²) in [6, 6.07) is 5.75. The van der Waals surface area contributed by atoms with Gasteiger partial charge in [-0.2, -0.15) is 9.57 Å². The molecule has 2 atom stereocenters. The molecule has 1 aliphatic heterocycles. The number of aliphatic carboxylic acids is 1. The summed E-state index contributed by atoms with van der Waals surface area (Å²) < 4.78 is 27.3. The Bertz CT molecular complexity index is 742. The molecule has 0 radical (unpaired) electrons. The molecule has 2 rings (SSSR count). The van der Waals surface area contributed by atoms with Crippen LogP contribution in [0, 0.1) is 17.2 Å². The van der Waals surface area contributed by atoms with Crippen LogP contribution in [0.1, 0.15) is 25.3 Å². The molecule has 1 N–H and O–H groups in total. The standard InChI is InChI=1S/C14H15BrN2O4S/c1-9-10(14(18)19)4-3-7-17(9)22(20,21)13-6-2-5-12(15)11(13)8-16/h2,5-6,9-10H,3-4,7H2,1H3,(H,18,19)/t9-,10-/m1/s1. The van der Waals surface area contributed by atoms with Crippen LogP contribution in [0.3, 0.4) is 0 Å². The van der Waals surface area contributed by atoms with Crippen molar-refractivity contribution in [3.05, 3.63) is 28.2 Å². The van der Waals surface area contributed by atoms with Gasteiger partial charge in [-0.3, -0.25) is 4.79 Å². The molecule has 0 bridgehead atoms. The first-order valence-corrected chi connectivity index (χ1v) is 8.97. The van der Waals surface area contributed by atoms with Crippen molar-refractivity contribution < 1.29 is 18.3 Å². The van der Waals surface area contributed by atoms with E-state index in [0.717, 1.165) is 0 Å². The van der Waals surface area contributed by atoms with E-state index in [1.807, 2.05) is 6.07 Å². The van der Waals surface area contributed by atoms with E-state index < -0.39 is 28.0 Å². The lowest BCUT2D eigenvalue weighted by molar-refractivity contribution is -0.144. The van der Waals surface area contributed by atoms with Gasteiger partial charge in [-0.15, -0.1) is 0 Å². The summed E-state index contributed by atoms with van der Waals surface area (Å²) in [6.07, 6.45) is 0.933. The highest BCUT2D eigenvalue weighted by Gasteiger charge is 2.40. The Morgan fingerprint density at radius 3 is 2.77 bits per heavy atom. The molecular formula is C14H15BrN2O4S. The van der Waals surface area contributed by atoms with Crippen molar-refractivity contribution in [2.24, 2.45) is 5.92 Å². The SMILES string of the molecule is C[C@@H]1[C@H](C(=O)O)CCCN1S(=O)(=O)c1cccc(Br)c1C#N. The first-order valence-electron chi connectivity index (χ1n) is 6.74. The van der Waals surface area contributed by atoms with Gasteiger partial charge in [0.2, 0.25) is 10.0 Å². The van der Waals surface area contributed by atoms with E-state index in [1.165, 1.54) is 10.4 Å². The van der Waals surface area contributed by atoms with Crippen LogP contribution in [0.15, 0.2) is 27.6 Å². The first-order chi connectivity index (χ1) is 10.3. The van der Waals surface area contributed by atoms with E-state index >= 15 is 0 Å². The molecular weight excluding hydrogens is 372 g/mol. The predicted molar refractivity (Wildman–Crippen MR) is 82.6 cm³/mol. The van der Waals surface area contributed by atoms with Gasteiger partial charge >= 0.3 is 5.97 Å². The molecule has 1 heterocycles. The second-order valence-corrected chi connectivity index (χ2v) is 7.88. The molecule has 22 heavy (non-hydrogen) atoms. The van der Waals surface area contributed by atoms with Crippen molar-refractivity contribution >= 4 is 31.9 Å². The minimum absolute atomic E-state index is 0.0344. The lowest BCUT2D eigenvalue weighted by Crippen LogP contribution is -2.49. The Labute approximate surface area is 137 Å². The third-order valence-corrected chi connectivity index (χ3v) is 6.61. The average molecular weight is 387 g/mol. The predicted octanol–water partition coefficient (Wildman–Crippen LogP) is 2.19. The first kappa shape index (κ1) is 16.9. The number of nitrogens with zero attached hydrogens (tertiary/aromatic N) is 2. The number of rotatable bonds is 3. The van der Waals surface area contributed by atoms with Crippen LogP contribution in [0.2, 0.25) is 0 Å². The molecule has 1 aromatic carbocycles. The lowest BCUT2D eigenvalue weighted by Gasteiger charge is -2.36. The Hall–Kier alpha value is -1.43. The number of carbonyl (C=O) groups is 1. The molecule has 0 unspecified atom stereocenters. The molecule has 0 spiro atoms. The summed E-state index contributed by atoms with van der Waals surface area (Å²) >= 11 is 3.17. The number of benzene rings is 1. The molecule has 1 aliphatic rings. The van der Waals surface area contributed by atoms with Gasteiger partial charge in [0.05, 0.1) is 11.5 Å². The normalized spacial score (nSPS) is 23.0. The second-order valence-electron chi connectivity index (χ2n) is 5.17. The molecule has 0 saturated carbocycles. The summed E-state index contributed by atoms with van der Waals surface area (Å²) in [5.74, 6) is -1.73. The second kappa shape index (κ2) is 6.36. The number of carboxylic acid groups (broad SMARTS) is 1. The van der Waals surface area contributed by atoms with Crippen molar-refractivity contribution in [3.63, 3.8) is 0 Å². The van der Waals surface area contributed by atoms with Crippen LogP contribution >= 0.6 is 15.9 Å². The summed E-state index contributed by atoms with van der Waals surface area (Å²) in [6.45, 7) is 1.85. The van der Waals surface area contributed by atoms with Crippen LogP contribution in [0.4, 0.5) is 0 Å². The van der Waals surface area contributed by atoms with Crippen LogP contribution in [-0.2, 0) is 14.8 Å². The van der Waals surface area contributed by atoms with Crippen LogP contribution in [0.25, 0.3) is 0 Å². The number of hydrogen-bond acceptors (Lipinski definition) is 4. The van der Waals surface area contributed by atoms with Gasteiger partial charge in [-0.05, 0) is 47.8 Å². The summed E-state index contributed by atoms with van der Waals surface area (Å²) in [5, 5.41) is 18.4. The number of carboxylic acids is 1. The van der Waals surface area contributed by atoms with Gasteiger partial charge in [0.25, 0.3) is 0 Å². The number of nitriles is 1. The van der Waals surface area contributed by atoms with Crippen LogP contribution < -0.4 is 0 Å². The van der Waals surface area contributed by atoms with Gasteiger partial charge in [0.1, 0.15) is 11.0 Å². The van der Waals surface area contributed by atoms with Gasteiger partial charge in [0.15, 0.2) is 0 Å². The molecule has 0 amide bonds. The highest BCUT2D eigenvalue weighted by Crippen LogP contribution is 2.32. The van der Waals surface area contributed by atoms with E-state index in [9.17, 15) is 23.6 Å². The summed E-state index contributed by atoms with van der Waals surface area (Å²) in [5.41, 5.74) is 0.0344. The molecule has 118 valence electrons. The number of sulfonamides is 1. The van der Waals surface area contributed by atoms with Gasteiger partial charge in [-0.1, -0.05) is 6.07 Å². The zero-order valence-electron chi connectivity index (χ0n) is 11.9. The number of piperidine rings is 1. The molecule has 0 aliphatic carbocycles. The highest BCUT2D eigenvalue weighted by atomic mass is 79.9. The van der Waals surface area contributed by atoms with Crippen LogP contribution in [0.5, 0.6) is 0 Å². The number of hydrogen-bond donors (Lipinski definition) is 1. The maximum atomic E-state index is 12.9. The fourth-order valence-corrected chi connectivity index (χ4v) is 5.19. The van der Waals surface area contributed by atoms with Crippen molar-refractivity contribution in [2.75, 3.05) is 6.54 Å². The maximum Gasteiger partial charge on any atom is 0.308 e. The zero-order valence-corrected chi connectivity index (χ0v) is 14.3. The van der Waals surface area contributed by atoms with Crippen molar-refractivity contribution in [1.82, 2.24) is 4.31 Å². The Balaban J connectivity index is 2.49. The number of halogens is 1. The Kier molecular flexibility index (Phi) is 4.90. The van der Waals surface area contributed by atoms with Gasteiger partial charge < -0.3 is 5.11 Å². The minimum Gasteiger partial charge on any atom is -0.481 e. The molecule has 1 saturated heterocycles. The van der Waals surface area contributed by atoms with Crippen LogP contribution in [-0.4, -0.2) is 36.4 Å². The monoisotopic (exact) mass is 386 g/mol. The van der Waals surface area contributed by atoms with Gasteiger partial charge in [-0.25, -0.2) is 8.42 Å².